The normalized spacial score (nSPS) is 14.7. The van der Waals surface area contributed by atoms with Gasteiger partial charge in [-0.15, -0.1) is 0 Å². The first-order chi connectivity index (χ1) is 13.0. The topological polar surface area (TPSA) is 74.2 Å². The van der Waals surface area contributed by atoms with Gasteiger partial charge in [0.05, 0.1) is 28.4 Å². The lowest BCUT2D eigenvalue weighted by Crippen LogP contribution is -2.14. The molecule has 1 aliphatic carbocycles. The van der Waals surface area contributed by atoms with Crippen LogP contribution in [-0.2, 0) is 6.42 Å². The summed E-state index contributed by atoms with van der Waals surface area (Å²) in [6.07, 6.45) is 2.95. The molecule has 2 aromatic carbocycles. The Bertz CT molecular complexity index is 913. The molecule has 27 heavy (non-hydrogen) atoms. The standard InChI is InChI=1S/C21H22O6/c1-24-17-8-12-5-6-13(21(23)15(12)10-19(17)26-3)7-14-9-18(25-2)20(27-4)11-16(14)22/h7-11,22H,5-6H2,1-4H3/b13-7+. The van der Waals surface area contributed by atoms with Crippen molar-refractivity contribution in [2.24, 2.45) is 0 Å². The van der Waals surface area contributed by atoms with E-state index >= 15 is 0 Å². The number of allylic oxidation sites excluding steroid dienone is 1. The first kappa shape index (κ1) is 18.6. The maximum Gasteiger partial charge on any atom is 0.189 e. The highest BCUT2D eigenvalue weighted by atomic mass is 16.5. The van der Waals surface area contributed by atoms with Gasteiger partial charge in [-0.2, -0.15) is 0 Å². The highest BCUT2D eigenvalue weighted by Gasteiger charge is 2.25. The molecule has 0 heterocycles. The zero-order valence-electron chi connectivity index (χ0n) is 15.8. The lowest BCUT2D eigenvalue weighted by atomic mass is 9.85. The zero-order chi connectivity index (χ0) is 19.6. The molecule has 6 heteroatoms. The fraction of sp³-hybridized carbons (Fsp3) is 0.286. The summed E-state index contributed by atoms with van der Waals surface area (Å²) < 4.78 is 21.1. The van der Waals surface area contributed by atoms with Crippen molar-refractivity contribution in [3.8, 4) is 28.7 Å². The molecule has 0 aliphatic heterocycles. The number of benzene rings is 2. The lowest BCUT2D eigenvalue weighted by molar-refractivity contribution is 0.102. The number of rotatable bonds is 5. The summed E-state index contributed by atoms with van der Waals surface area (Å²) in [6.45, 7) is 0. The number of hydrogen-bond acceptors (Lipinski definition) is 6. The minimum absolute atomic E-state index is 0.0195. The van der Waals surface area contributed by atoms with Gasteiger partial charge in [-0.25, -0.2) is 0 Å². The minimum Gasteiger partial charge on any atom is -0.507 e. The first-order valence-electron chi connectivity index (χ1n) is 8.47. The van der Waals surface area contributed by atoms with Gasteiger partial charge in [0.25, 0.3) is 0 Å². The van der Waals surface area contributed by atoms with Gasteiger partial charge in [-0.05, 0) is 42.7 Å². The van der Waals surface area contributed by atoms with E-state index in [1.807, 2.05) is 6.07 Å². The van der Waals surface area contributed by atoms with E-state index in [1.165, 1.54) is 27.4 Å². The number of methoxy groups -OCH3 is 4. The molecule has 6 nitrogen and oxygen atoms in total. The Morgan fingerprint density at radius 1 is 0.815 bits per heavy atom. The van der Waals surface area contributed by atoms with E-state index in [4.69, 9.17) is 18.9 Å². The number of fused-ring (bicyclic) bond motifs is 1. The van der Waals surface area contributed by atoms with Crippen LogP contribution in [-0.4, -0.2) is 39.3 Å². The van der Waals surface area contributed by atoms with Crippen LogP contribution < -0.4 is 18.9 Å². The predicted octanol–water partition coefficient (Wildman–Crippen LogP) is 3.64. The van der Waals surface area contributed by atoms with Crippen molar-refractivity contribution in [3.63, 3.8) is 0 Å². The quantitative estimate of drug-likeness (QED) is 0.810. The molecule has 0 radical (unpaired) electrons. The third-order valence-electron chi connectivity index (χ3n) is 4.67. The highest BCUT2D eigenvalue weighted by molar-refractivity contribution is 6.13. The van der Waals surface area contributed by atoms with Crippen molar-refractivity contribution < 1.29 is 28.8 Å². The van der Waals surface area contributed by atoms with Gasteiger partial charge in [-0.3, -0.25) is 4.79 Å². The van der Waals surface area contributed by atoms with Crippen molar-refractivity contribution in [1.29, 1.82) is 0 Å². The number of ketones is 1. The maximum absolute atomic E-state index is 13.0. The molecule has 0 saturated heterocycles. The van der Waals surface area contributed by atoms with Gasteiger partial charge in [0.1, 0.15) is 5.75 Å². The fourth-order valence-electron chi connectivity index (χ4n) is 3.22. The number of phenols is 1. The maximum atomic E-state index is 13.0. The summed E-state index contributed by atoms with van der Waals surface area (Å²) in [6, 6.07) is 6.67. The molecule has 0 spiro atoms. The van der Waals surface area contributed by atoms with Crippen LogP contribution in [0, 0.1) is 0 Å². The van der Waals surface area contributed by atoms with Gasteiger partial charge in [0.2, 0.25) is 0 Å². The van der Waals surface area contributed by atoms with Crippen LogP contribution in [0.25, 0.3) is 6.08 Å². The van der Waals surface area contributed by atoms with Crippen molar-refractivity contribution >= 4 is 11.9 Å². The number of phenolic OH excluding ortho intramolecular Hbond substituents is 1. The molecule has 0 unspecified atom stereocenters. The molecule has 0 saturated carbocycles. The Hall–Kier alpha value is -3.15. The molecule has 1 aliphatic rings. The van der Waals surface area contributed by atoms with Crippen molar-refractivity contribution in [2.75, 3.05) is 28.4 Å². The van der Waals surface area contributed by atoms with Gasteiger partial charge >= 0.3 is 0 Å². The van der Waals surface area contributed by atoms with E-state index in [1.54, 1.807) is 25.3 Å². The number of hydrogen-bond donors (Lipinski definition) is 1. The number of carbonyl (C=O) groups is 1. The minimum atomic E-state index is -0.0913. The summed E-state index contributed by atoms with van der Waals surface area (Å²) in [4.78, 5) is 13.0. The second-order valence-electron chi connectivity index (χ2n) is 6.13. The number of aromatic hydroxyl groups is 1. The average molecular weight is 370 g/mol. The van der Waals surface area contributed by atoms with E-state index in [9.17, 15) is 9.90 Å². The van der Waals surface area contributed by atoms with Crippen LogP contribution in [0.2, 0.25) is 0 Å². The van der Waals surface area contributed by atoms with Gasteiger partial charge in [-0.1, -0.05) is 0 Å². The van der Waals surface area contributed by atoms with E-state index in [2.05, 4.69) is 0 Å². The largest absolute Gasteiger partial charge is 0.507 e. The Kier molecular flexibility index (Phi) is 5.26. The van der Waals surface area contributed by atoms with Gasteiger partial charge in [0, 0.05) is 22.8 Å². The van der Waals surface area contributed by atoms with E-state index in [0.29, 0.717) is 52.5 Å². The molecule has 0 fully saturated rings. The molecule has 3 rings (SSSR count). The van der Waals surface area contributed by atoms with Crippen LogP contribution >= 0.6 is 0 Å². The van der Waals surface area contributed by atoms with Gasteiger partial charge < -0.3 is 24.1 Å². The molecule has 0 bridgehead atoms. The van der Waals surface area contributed by atoms with E-state index in [0.717, 1.165) is 5.56 Å². The summed E-state index contributed by atoms with van der Waals surface area (Å²) in [5.41, 5.74) is 2.62. The molecule has 1 N–H and O–H groups in total. The first-order valence-corrected chi connectivity index (χ1v) is 8.47. The Morgan fingerprint density at radius 3 is 2.00 bits per heavy atom. The second kappa shape index (κ2) is 7.61. The third kappa shape index (κ3) is 3.43. The van der Waals surface area contributed by atoms with Crippen LogP contribution in [0.3, 0.4) is 0 Å². The third-order valence-corrected chi connectivity index (χ3v) is 4.67. The van der Waals surface area contributed by atoms with E-state index < -0.39 is 0 Å². The summed E-state index contributed by atoms with van der Waals surface area (Å²) in [5, 5.41) is 10.3. The summed E-state index contributed by atoms with van der Waals surface area (Å²) >= 11 is 0. The predicted molar refractivity (Wildman–Crippen MR) is 101 cm³/mol. The van der Waals surface area contributed by atoms with Crippen LogP contribution in [0.15, 0.2) is 29.8 Å². The smallest absolute Gasteiger partial charge is 0.189 e. The van der Waals surface area contributed by atoms with E-state index in [-0.39, 0.29) is 11.5 Å². The highest BCUT2D eigenvalue weighted by Crippen LogP contribution is 2.38. The molecule has 2 aromatic rings. The average Bonchev–Trinajstić information content (AvgIpc) is 2.70. The monoisotopic (exact) mass is 370 g/mol. The molecule has 0 amide bonds. The SMILES string of the molecule is COc1cc(O)c(/C=C2\CCc3cc(OC)c(OC)cc3C2=O)cc1OC. The number of aryl methyl sites for hydroxylation is 1. The molecular weight excluding hydrogens is 348 g/mol. The number of ether oxygens (including phenoxy) is 4. The number of Topliss-reactive ketones (excluding diaryl/α,β-unsaturated/α-hetero) is 1. The lowest BCUT2D eigenvalue weighted by Gasteiger charge is -2.20. The van der Waals surface area contributed by atoms with Crippen molar-refractivity contribution in [3.05, 3.63) is 46.5 Å². The van der Waals surface area contributed by atoms with Crippen LogP contribution in [0.5, 0.6) is 28.7 Å². The Labute approximate surface area is 157 Å². The molecule has 0 aromatic heterocycles. The van der Waals surface area contributed by atoms with Crippen molar-refractivity contribution in [1.82, 2.24) is 0 Å². The zero-order valence-corrected chi connectivity index (χ0v) is 15.8. The molecule has 0 atom stereocenters. The molecule has 142 valence electrons. The summed E-state index contributed by atoms with van der Waals surface area (Å²) in [5.74, 6) is 1.96. The van der Waals surface area contributed by atoms with Gasteiger partial charge in [0.15, 0.2) is 28.8 Å². The van der Waals surface area contributed by atoms with Crippen LogP contribution in [0.1, 0.15) is 27.9 Å². The Morgan fingerprint density at radius 2 is 1.37 bits per heavy atom. The van der Waals surface area contributed by atoms with Crippen LogP contribution in [0.4, 0.5) is 0 Å². The molecular formula is C21H22O6. The second-order valence-corrected chi connectivity index (χ2v) is 6.13. The Balaban J connectivity index is 2.02. The fourth-order valence-corrected chi connectivity index (χ4v) is 3.22. The van der Waals surface area contributed by atoms with Crippen molar-refractivity contribution in [2.45, 2.75) is 12.8 Å². The summed E-state index contributed by atoms with van der Waals surface area (Å²) in [7, 11) is 6.13. The number of carbonyl (C=O) groups excluding carboxylic acids is 1.